The summed E-state index contributed by atoms with van der Waals surface area (Å²) in [4.78, 5) is 4.45. The minimum atomic E-state index is -0.586. The third-order valence-corrected chi connectivity index (χ3v) is 3.97. The zero-order valence-corrected chi connectivity index (χ0v) is 15.4. The van der Waals surface area contributed by atoms with Crippen LogP contribution in [-0.4, -0.2) is 4.98 Å². The molecule has 0 aliphatic carbocycles. The van der Waals surface area contributed by atoms with Crippen molar-refractivity contribution in [1.82, 2.24) is 4.98 Å². The molecule has 1 radical (unpaired) electrons. The van der Waals surface area contributed by atoms with Crippen molar-refractivity contribution in [1.29, 1.82) is 0 Å². The van der Waals surface area contributed by atoms with Gasteiger partial charge in [-0.25, -0.2) is 8.78 Å². The molecule has 125 valence electrons. The summed E-state index contributed by atoms with van der Waals surface area (Å²) < 4.78 is 27.2. The van der Waals surface area contributed by atoms with Crippen molar-refractivity contribution < 1.29 is 28.9 Å². The standard InChI is InChI=1S/C21H12F2N.Ir/c22-17-9-10-18(20(23)13-17)15-5-1-6-16(12-15)19-8-2-4-14-7-3-11-24-21(14)19;/h1-5,7-13H;/q-1;. The number of halogens is 2. The van der Waals surface area contributed by atoms with Crippen molar-refractivity contribution in [3.05, 3.63) is 90.6 Å². The first-order chi connectivity index (χ1) is 11.7. The fraction of sp³-hybridized carbons (Fsp3) is 0. The summed E-state index contributed by atoms with van der Waals surface area (Å²) in [5.74, 6) is -1.17. The first kappa shape index (κ1) is 17.4. The Labute approximate surface area is 157 Å². The Bertz CT molecular complexity index is 1040. The monoisotopic (exact) mass is 509 g/mol. The molecule has 0 aliphatic heterocycles. The summed E-state index contributed by atoms with van der Waals surface area (Å²) >= 11 is 0. The zero-order chi connectivity index (χ0) is 16.5. The van der Waals surface area contributed by atoms with Crippen LogP contribution < -0.4 is 0 Å². The molecule has 3 aromatic carbocycles. The summed E-state index contributed by atoms with van der Waals surface area (Å²) in [7, 11) is 0. The van der Waals surface area contributed by atoms with Crippen LogP contribution in [0.25, 0.3) is 33.2 Å². The maximum Gasteiger partial charge on any atom is 0.132 e. The Balaban J connectivity index is 0.00000182. The van der Waals surface area contributed by atoms with Crippen molar-refractivity contribution in [2.24, 2.45) is 0 Å². The molecule has 0 spiro atoms. The van der Waals surface area contributed by atoms with E-state index in [4.69, 9.17) is 0 Å². The van der Waals surface area contributed by atoms with Crippen LogP contribution in [-0.2, 0) is 20.1 Å². The van der Waals surface area contributed by atoms with Crippen molar-refractivity contribution in [3.8, 4) is 22.3 Å². The number of aromatic nitrogens is 1. The van der Waals surface area contributed by atoms with Crippen molar-refractivity contribution in [3.63, 3.8) is 0 Å². The third-order valence-electron chi connectivity index (χ3n) is 3.97. The van der Waals surface area contributed by atoms with Crippen molar-refractivity contribution in [2.75, 3.05) is 0 Å². The van der Waals surface area contributed by atoms with Gasteiger partial charge >= 0.3 is 0 Å². The minimum absolute atomic E-state index is 0. The third kappa shape index (κ3) is 3.37. The Morgan fingerprint density at radius 2 is 1.68 bits per heavy atom. The molecule has 0 bridgehead atoms. The van der Waals surface area contributed by atoms with Crippen LogP contribution in [0.2, 0.25) is 0 Å². The molecule has 25 heavy (non-hydrogen) atoms. The van der Waals surface area contributed by atoms with Crippen LogP contribution in [0.1, 0.15) is 0 Å². The van der Waals surface area contributed by atoms with E-state index < -0.39 is 11.6 Å². The van der Waals surface area contributed by atoms with Crippen LogP contribution in [0.3, 0.4) is 0 Å². The topological polar surface area (TPSA) is 12.9 Å². The summed E-state index contributed by atoms with van der Waals surface area (Å²) in [6.45, 7) is 0. The SMILES string of the molecule is Fc1ccc(-c2cc[c-]c(-c3cccc4cccnc34)c2)c(F)c1.[Ir]. The van der Waals surface area contributed by atoms with E-state index >= 15 is 0 Å². The Kier molecular flexibility index (Phi) is 5.03. The van der Waals surface area contributed by atoms with Gasteiger partial charge < -0.3 is 0 Å². The fourth-order valence-corrected chi connectivity index (χ4v) is 2.83. The average molecular weight is 509 g/mol. The second-order valence-corrected chi connectivity index (χ2v) is 5.50. The number of nitrogens with zero attached hydrogens (tertiary/aromatic N) is 1. The van der Waals surface area contributed by atoms with E-state index in [2.05, 4.69) is 11.1 Å². The van der Waals surface area contributed by atoms with Crippen LogP contribution >= 0.6 is 0 Å². The quantitative estimate of drug-likeness (QED) is 0.319. The predicted molar refractivity (Wildman–Crippen MR) is 91.4 cm³/mol. The molecule has 0 atom stereocenters. The molecule has 1 nitrogen and oxygen atoms in total. The van der Waals surface area contributed by atoms with Gasteiger partial charge in [-0.2, -0.15) is 0 Å². The van der Waals surface area contributed by atoms with E-state index in [0.29, 0.717) is 11.1 Å². The molecular weight excluding hydrogens is 496 g/mol. The molecule has 0 saturated heterocycles. The van der Waals surface area contributed by atoms with E-state index in [0.717, 1.165) is 28.1 Å². The average Bonchev–Trinajstić information content (AvgIpc) is 2.61. The van der Waals surface area contributed by atoms with Gasteiger partial charge in [-0.3, -0.25) is 4.98 Å². The minimum Gasteiger partial charge on any atom is -0.266 e. The summed E-state index contributed by atoms with van der Waals surface area (Å²) in [5, 5.41) is 1.03. The second kappa shape index (κ2) is 7.22. The predicted octanol–water partition coefficient (Wildman–Crippen LogP) is 5.64. The maximum absolute atomic E-state index is 14.1. The van der Waals surface area contributed by atoms with Gasteiger partial charge in [0.1, 0.15) is 11.6 Å². The van der Waals surface area contributed by atoms with Crippen LogP contribution in [0.15, 0.2) is 72.9 Å². The normalized spacial score (nSPS) is 10.5. The van der Waals surface area contributed by atoms with Gasteiger partial charge in [0.05, 0.1) is 0 Å². The molecule has 4 aromatic rings. The smallest absolute Gasteiger partial charge is 0.132 e. The fourth-order valence-electron chi connectivity index (χ4n) is 2.83. The molecule has 0 N–H and O–H groups in total. The van der Waals surface area contributed by atoms with Crippen molar-refractivity contribution in [2.45, 2.75) is 0 Å². The first-order valence-corrected chi connectivity index (χ1v) is 7.54. The van der Waals surface area contributed by atoms with Crippen molar-refractivity contribution >= 4 is 10.9 Å². The van der Waals surface area contributed by atoms with Gasteiger partial charge in [0, 0.05) is 37.9 Å². The first-order valence-electron chi connectivity index (χ1n) is 7.54. The molecule has 0 saturated carbocycles. The zero-order valence-electron chi connectivity index (χ0n) is 13.0. The second-order valence-electron chi connectivity index (χ2n) is 5.50. The Hall–Kier alpha value is -2.42. The van der Waals surface area contributed by atoms with E-state index in [9.17, 15) is 8.78 Å². The van der Waals surface area contributed by atoms with E-state index in [1.165, 1.54) is 12.1 Å². The molecule has 4 rings (SSSR count). The van der Waals surface area contributed by atoms with Gasteiger partial charge in [-0.15, -0.1) is 29.8 Å². The van der Waals surface area contributed by atoms with Gasteiger partial charge in [0.25, 0.3) is 0 Å². The Morgan fingerprint density at radius 1 is 0.840 bits per heavy atom. The van der Waals surface area contributed by atoms with Gasteiger partial charge in [0.2, 0.25) is 0 Å². The van der Waals surface area contributed by atoms with Crippen LogP contribution in [0.4, 0.5) is 8.78 Å². The summed E-state index contributed by atoms with van der Waals surface area (Å²) in [6.07, 6.45) is 1.75. The molecule has 1 heterocycles. The number of hydrogen-bond donors (Lipinski definition) is 0. The molecule has 0 aliphatic rings. The maximum atomic E-state index is 14.1. The molecule has 4 heteroatoms. The van der Waals surface area contributed by atoms with E-state index in [-0.39, 0.29) is 20.1 Å². The summed E-state index contributed by atoms with van der Waals surface area (Å²) in [5.41, 5.74) is 3.65. The van der Waals surface area contributed by atoms with E-state index in [1.807, 2.05) is 36.4 Å². The van der Waals surface area contributed by atoms with Gasteiger partial charge in [0.15, 0.2) is 0 Å². The Morgan fingerprint density at radius 3 is 2.52 bits per heavy atom. The molecule has 0 fully saturated rings. The summed E-state index contributed by atoms with van der Waals surface area (Å²) in [6, 6.07) is 21.9. The molecule has 0 amide bonds. The van der Waals surface area contributed by atoms with Gasteiger partial charge in [-0.1, -0.05) is 41.5 Å². The number of benzene rings is 3. The largest absolute Gasteiger partial charge is 0.266 e. The number of para-hydroxylation sites is 1. The number of fused-ring (bicyclic) bond motifs is 1. The molecule has 0 unspecified atom stereocenters. The number of pyridine rings is 1. The number of hydrogen-bond acceptors (Lipinski definition) is 1. The molecular formula is C21H12F2IrN-. The van der Waals surface area contributed by atoms with Crippen LogP contribution in [0, 0.1) is 17.7 Å². The van der Waals surface area contributed by atoms with Gasteiger partial charge in [-0.05, 0) is 23.1 Å². The number of rotatable bonds is 2. The molecule has 1 aromatic heterocycles. The van der Waals surface area contributed by atoms with Crippen LogP contribution in [0.5, 0.6) is 0 Å². The van der Waals surface area contributed by atoms with E-state index in [1.54, 1.807) is 18.3 Å².